The van der Waals surface area contributed by atoms with Gasteiger partial charge in [0.05, 0.1) is 23.7 Å². The van der Waals surface area contributed by atoms with Crippen LogP contribution in [0.1, 0.15) is 51.7 Å². The van der Waals surface area contributed by atoms with Crippen molar-refractivity contribution in [1.29, 1.82) is 0 Å². The number of hydrogen-bond donors (Lipinski definition) is 1. The van der Waals surface area contributed by atoms with E-state index >= 15 is 0 Å². The number of aromatic nitrogens is 3. The summed E-state index contributed by atoms with van der Waals surface area (Å²) in [6, 6.07) is -0.0799. The first kappa shape index (κ1) is 17.8. The zero-order chi connectivity index (χ0) is 18.1. The minimum absolute atomic E-state index is 0.0799. The molecule has 3 heterocycles. The van der Waals surface area contributed by atoms with E-state index in [0.717, 1.165) is 32.4 Å². The van der Waals surface area contributed by atoms with Crippen molar-refractivity contribution >= 4 is 44.7 Å². The molecule has 0 aliphatic carbocycles. The van der Waals surface area contributed by atoms with Gasteiger partial charge in [-0.25, -0.2) is 19.7 Å². The Bertz CT molecular complexity index is 932. The molecule has 0 amide bonds. The van der Waals surface area contributed by atoms with Crippen molar-refractivity contribution in [2.75, 3.05) is 11.9 Å². The summed E-state index contributed by atoms with van der Waals surface area (Å²) in [4.78, 5) is 27.1. The molecule has 0 aliphatic heterocycles. The van der Waals surface area contributed by atoms with Crippen molar-refractivity contribution < 1.29 is 9.53 Å². The minimum atomic E-state index is -0.315. The molecule has 0 aromatic carbocycles. The number of hydrogen-bond acceptors (Lipinski definition) is 8. The number of fused-ring (bicyclic) bond motifs is 1. The van der Waals surface area contributed by atoms with Gasteiger partial charge in [0.2, 0.25) is 0 Å². The Morgan fingerprint density at radius 2 is 2.04 bits per heavy atom. The lowest BCUT2D eigenvalue weighted by Crippen LogP contribution is -2.09. The van der Waals surface area contributed by atoms with Crippen LogP contribution in [0, 0.1) is 20.8 Å². The SMILES string of the molecule is CCOC(=O)c1sc(C(C)Nc2nc(C)nc3scc(C)c23)nc1C. The molecule has 0 saturated heterocycles. The van der Waals surface area contributed by atoms with E-state index in [4.69, 9.17) is 4.74 Å². The van der Waals surface area contributed by atoms with E-state index in [2.05, 4.69) is 32.6 Å². The van der Waals surface area contributed by atoms with Gasteiger partial charge in [0, 0.05) is 0 Å². The summed E-state index contributed by atoms with van der Waals surface area (Å²) < 4.78 is 5.09. The van der Waals surface area contributed by atoms with Crippen LogP contribution >= 0.6 is 22.7 Å². The third-order valence-corrected chi connectivity index (χ3v) is 6.04. The maximum Gasteiger partial charge on any atom is 0.350 e. The molecular formula is C17H20N4O2S2. The molecule has 1 atom stereocenters. The third-order valence-electron chi connectivity index (χ3n) is 3.73. The summed E-state index contributed by atoms with van der Waals surface area (Å²) in [5, 5.41) is 7.39. The number of thiazole rings is 1. The largest absolute Gasteiger partial charge is 0.462 e. The van der Waals surface area contributed by atoms with Crippen LogP contribution in [0.2, 0.25) is 0 Å². The fourth-order valence-corrected chi connectivity index (χ4v) is 4.48. The second-order valence-electron chi connectivity index (χ2n) is 5.77. The number of ether oxygens (including phenoxy) is 1. The minimum Gasteiger partial charge on any atom is -0.462 e. The van der Waals surface area contributed by atoms with Crippen molar-refractivity contribution in [3.05, 3.63) is 32.3 Å². The lowest BCUT2D eigenvalue weighted by atomic mass is 10.2. The van der Waals surface area contributed by atoms with Crippen LogP contribution in [-0.4, -0.2) is 27.5 Å². The van der Waals surface area contributed by atoms with Gasteiger partial charge in [0.25, 0.3) is 0 Å². The smallest absolute Gasteiger partial charge is 0.350 e. The Labute approximate surface area is 154 Å². The summed E-state index contributed by atoms with van der Waals surface area (Å²) >= 11 is 2.98. The molecule has 3 rings (SSSR count). The van der Waals surface area contributed by atoms with Crippen LogP contribution in [0.3, 0.4) is 0 Å². The highest BCUT2D eigenvalue weighted by atomic mass is 32.1. The molecule has 132 valence electrons. The van der Waals surface area contributed by atoms with E-state index in [1.54, 1.807) is 18.3 Å². The highest BCUT2D eigenvalue weighted by Gasteiger charge is 2.21. The summed E-state index contributed by atoms with van der Waals surface area (Å²) in [7, 11) is 0. The monoisotopic (exact) mass is 376 g/mol. The zero-order valence-electron chi connectivity index (χ0n) is 14.8. The van der Waals surface area contributed by atoms with E-state index in [1.165, 1.54) is 11.3 Å². The van der Waals surface area contributed by atoms with Gasteiger partial charge in [0.1, 0.15) is 26.4 Å². The molecule has 3 aromatic heterocycles. The van der Waals surface area contributed by atoms with Crippen LogP contribution in [0.4, 0.5) is 5.82 Å². The first-order valence-corrected chi connectivity index (χ1v) is 9.73. The topological polar surface area (TPSA) is 77.0 Å². The molecule has 0 bridgehead atoms. The number of anilines is 1. The van der Waals surface area contributed by atoms with E-state index in [1.807, 2.05) is 20.8 Å². The lowest BCUT2D eigenvalue weighted by Gasteiger charge is -2.13. The summed E-state index contributed by atoms with van der Waals surface area (Å²) in [6.07, 6.45) is 0. The average Bonchev–Trinajstić information content (AvgIpc) is 3.11. The Hall–Kier alpha value is -2.06. The molecule has 3 aromatic rings. The van der Waals surface area contributed by atoms with E-state index in [0.29, 0.717) is 17.2 Å². The fraction of sp³-hybridized carbons (Fsp3) is 0.412. The number of thiophene rings is 1. The fourth-order valence-electron chi connectivity index (χ4n) is 2.55. The molecule has 0 radical (unpaired) electrons. The van der Waals surface area contributed by atoms with Crippen LogP contribution < -0.4 is 5.32 Å². The second kappa shape index (κ2) is 7.05. The number of nitrogens with one attached hydrogen (secondary N) is 1. The van der Waals surface area contributed by atoms with E-state index in [-0.39, 0.29) is 12.0 Å². The van der Waals surface area contributed by atoms with Crippen LogP contribution in [0.15, 0.2) is 5.38 Å². The van der Waals surface area contributed by atoms with Gasteiger partial charge < -0.3 is 10.1 Å². The maximum atomic E-state index is 12.0. The van der Waals surface area contributed by atoms with Gasteiger partial charge in [-0.05, 0) is 45.6 Å². The first-order chi connectivity index (χ1) is 11.9. The Balaban J connectivity index is 1.91. The predicted molar refractivity (Wildman–Crippen MR) is 102 cm³/mol. The second-order valence-corrected chi connectivity index (χ2v) is 7.66. The number of carbonyl (C=O) groups is 1. The average molecular weight is 377 g/mol. The van der Waals surface area contributed by atoms with Crippen molar-refractivity contribution in [2.45, 2.75) is 40.7 Å². The van der Waals surface area contributed by atoms with Gasteiger partial charge in [-0.3, -0.25) is 0 Å². The lowest BCUT2D eigenvalue weighted by molar-refractivity contribution is 0.0531. The normalized spacial score (nSPS) is 12.4. The van der Waals surface area contributed by atoms with Crippen LogP contribution in [0.25, 0.3) is 10.2 Å². The molecule has 1 N–H and O–H groups in total. The standard InChI is InChI=1S/C17H20N4O2S2/c1-6-23-17(22)13-9(3)19-15(25-13)10(4)18-14-12-8(2)7-24-16(12)21-11(5)20-14/h7,10H,6H2,1-5H3,(H,18,20,21). The van der Waals surface area contributed by atoms with Crippen molar-refractivity contribution in [1.82, 2.24) is 15.0 Å². The summed E-state index contributed by atoms with van der Waals surface area (Å²) in [5.74, 6) is 1.22. The molecular weight excluding hydrogens is 356 g/mol. The van der Waals surface area contributed by atoms with Gasteiger partial charge >= 0.3 is 5.97 Å². The van der Waals surface area contributed by atoms with E-state index < -0.39 is 0 Å². The highest BCUT2D eigenvalue weighted by molar-refractivity contribution is 7.17. The predicted octanol–water partition coefficient (Wildman–Crippen LogP) is 4.42. The van der Waals surface area contributed by atoms with E-state index in [9.17, 15) is 4.79 Å². The number of aryl methyl sites for hydroxylation is 3. The van der Waals surface area contributed by atoms with Gasteiger partial charge in [-0.15, -0.1) is 22.7 Å². The number of rotatable bonds is 5. The Morgan fingerprint density at radius 3 is 2.76 bits per heavy atom. The Kier molecular flexibility index (Phi) is 5.01. The highest BCUT2D eigenvalue weighted by Crippen LogP contribution is 2.32. The molecule has 25 heavy (non-hydrogen) atoms. The maximum absolute atomic E-state index is 12.0. The van der Waals surface area contributed by atoms with Crippen LogP contribution in [0.5, 0.6) is 0 Å². The number of esters is 1. The van der Waals surface area contributed by atoms with Gasteiger partial charge in [-0.2, -0.15) is 0 Å². The van der Waals surface area contributed by atoms with Crippen molar-refractivity contribution in [2.24, 2.45) is 0 Å². The number of nitrogens with zero attached hydrogens (tertiary/aromatic N) is 3. The molecule has 1 unspecified atom stereocenters. The van der Waals surface area contributed by atoms with Crippen molar-refractivity contribution in [3.8, 4) is 0 Å². The molecule has 6 nitrogen and oxygen atoms in total. The summed E-state index contributed by atoms with van der Waals surface area (Å²) in [5.41, 5.74) is 1.85. The number of carbonyl (C=O) groups excluding carboxylic acids is 1. The molecule has 0 saturated carbocycles. The van der Waals surface area contributed by atoms with Gasteiger partial charge in [0.15, 0.2) is 0 Å². The summed E-state index contributed by atoms with van der Waals surface area (Å²) in [6.45, 7) is 9.93. The Morgan fingerprint density at radius 1 is 1.28 bits per heavy atom. The molecule has 0 aliphatic rings. The molecule has 8 heteroatoms. The molecule has 0 spiro atoms. The quantitative estimate of drug-likeness (QED) is 0.664. The van der Waals surface area contributed by atoms with Crippen LogP contribution in [-0.2, 0) is 4.74 Å². The van der Waals surface area contributed by atoms with Crippen molar-refractivity contribution in [3.63, 3.8) is 0 Å². The third kappa shape index (κ3) is 3.50. The first-order valence-electron chi connectivity index (χ1n) is 8.04. The van der Waals surface area contributed by atoms with Gasteiger partial charge in [-0.1, -0.05) is 0 Å². The zero-order valence-corrected chi connectivity index (χ0v) is 16.5. The molecule has 0 fully saturated rings.